The van der Waals surface area contributed by atoms with Crippen LogP contribution in [0.3, 0.4) is 0 Å². The highest BCUT2D eigenvalue weighted by molar-refractivity contribution is 5.45. The molecule has 0 spiro atoms. The Bertz CT molecular complexity index is 626. The van der Waals surface area contributed by atoms with Crippen molar-refractivity contribution in [1.29, 1.82) is 0 Å². The van der Waals surface area contributed by atoms with Crippen molar-refractivity contribution in [2.75, 3.05) is 0 Å². The Hall–Kier alpha value is -1.71. The maximum Gasteiger partial charge on any atom is 0.293 e. The zero-order valence-corrected chi connectivity index (χ0v) is 17.9. The molecular formula is C24H38O4. The van der Waals surface area contributed by atoms with Crippen LogP contribution in [-0.2, 0) is 22.4 Å². The third kappa shape index (κ3) is 7.73. The lowest BCUT2D eigenvalue weighted by Crippen LogP contribution is -2.12. The van der Waals surface area contributed by atoms with Crippen LogP contribution < -0.4 is 0 Å². The second-order valence-corrected chi connectivity index (χ2v) is 9.69. The average molecular weight is 391 g/mol. The molecule has 2 N–H and O–H groups in total. The summed E-state index contributed by atoms with van der Waals surface area (Å²) in [7, 11) is 0. The van der Waals surface area contributed by atoms with Gasteiger partial charge < -0.3 is 14.9 Å². The van der Waals surface area contributed by atoms with Gasteiger partial charge in [-0.25, -0.2) is 0 Å². The van der Waals surface area contributed by atoms with Gasteiger partial charge >= 0.3 is 0 Å². The zero-order valence-electron chi connectivity index (χ0n) is 17.9. The standard InChI is InChI=1S/C24H38O4/c1-23(2,3)12-8-4-6-10-19-16-22(27)20(17-21(19)26)11-7-5-9-13-24(14-15-24)28-18-25/h16-18,26-27H,4-15H2,1-3H3. The minimum absolute atomic E-state index is 0.170. The van der Waals surface area contributed by atoms with E-state index in [2.05, 4.69) is 20.8 Å². The smallest absolute Gasteiger partial charge is 0.293 e. The van der Waals surface area contributed by atoms with Gasteiger partial charge in [0.2, 0.25) is 0 Å². The van der Waals surface area contributed by atoms with Gasteiger partial charge in [-0.3, -0.25) is 4.79 Å². The van der Waals surface area contributed by atoms with Crippen molar-refractivity contribution in [2.45, 2.75) is 103 Å². The number of unbranched alkanes of at least 4 members (excludes halogenated alkanes) is 4. The number of benzene rings is 1. The molecule has 28 heavy (non-hydrogen) atoms. The average Bonchev–Trinajstić information content (AvgIpc) is 3.37. The highest BCUT2D eigenvalue weighted by atomic mass is 16.5. The maximum atomic E-state index is 10.5. The molecule has 0 radical (unpaired) electrons. The third-order valence-corrected chi connectivity index (χ3v) is 5.84. The number of phenolic OH excluding ortho intramolecular Hbond substituents is 2. The third-order valence-electron chi connectivity index (χ3n) is 5.84. The molecule has 0 saturated heterocycles. The van der Waals surface area contributed by atoms with Gasteiger partial charge in [0.25, 0.3) is 6.47 Å². The summed E-state index contributed by atoms with van der Waals surface area (Å²) < 4.78 is 5.16. The van der Waals surface area contributed by atoms with Crippen LogP contribution >= 0.6 is 0 Å². The van der Waals surface area contributed by atoms with Crippen LogP contribution in [0, 0.1) is 5.41 Å². The number of carbonyl (C=O) groups excluding carboxylic acids is 1. The lowest BCUT2D eigenvalue weighted by Gasteiger charge is -2.17. The molecule has 0 heterocycles. The summed E-state index contributed by atoms with van der Waals surface area (Å²) in [6.07, 6.45) is 12.1. The Kier molecular flexibility index (Phi) is 8.21. The van der Waals surface area contributed by atoms with Gasteiger partial charge in [0, 0.05) is 0 Å². The van der Waals surface area contributed by atoms with Crippen molar-refractivity contribution >= 4 is 6.47 Å². The van der Waals surface area contributed by atoms with Gasteiger partial charge in [-0.2, -0.15) is 0 Å². The molecule has 4 nitrogen and oxygen atoms in total. The van der Waals surface area contributed by atoms with Crippen molar-refractivity contribution in [3.05, 3.63) is 23.3 Å². The predicted molar refractivity (Wildman–Crippen MR) is 113 cm³/mol. The molecule has 0 aromatic heterocycles. The van der Waals surface area contributed by atoms with E-state index in [1.165, 1.54) is 12.8 Å². The maximum absolute atomic E-state index is 10.5. The second kappa shape index (κ2) is 10.2. The van der Waals surface area contributed by atoms with Gasteiger partial charge in [0.1, 0.15) is 17.1 Å². The van der Waals surface area contributed by atoms with Crippen LogP contribution in [0.15, 0.2) is 12.1 Å². The first kappa shape index (κ1) is 22.6. The summed E-state index contributed by atoms with van der Waals surface area (Å²) in [4.78, 5) is 10.5. The van der Waals surface area contributed by atoms with E-state index in [4.69, 9.17) is 4.74 Å². The molecule has 0 atom stereocenters. The first-order valence-electron chi connectivity index (χ1n) is 10.9. The van der Waals surface area contributed by atoms with Crippen LogP contribution in [0.2, 0.25) is 0 Å². The zero-order chi connectivity index (χ0) is 20.6. The SMILES string of the molecule is CC(C)(C)CCCCCc1cc(O)c(CCCCCC2(OC=O)CC2)cc1O. The van der Waals surface area contributed by atoms with E-state index in [-0.39, 0.29) is 5.60 Å². The van der Waals surface area contributed by atoms with E-state index in [1.807, 2.05) is 0 Å². The van der Waals surface area contributed by atoms with Gasteiger partial charge in [0.05, 0.1) is 0 Å². The second-order valence-electron chi connectivity index (χ2n) is 9.69. The summed E-state index contributed by atoms with van der Waals surface area (Å²) in [5.41, 5.74) is 1.87. The minimum atomic E-state index is -0.170. The number of rotatable bonds is 13. The molecule has 0 aliphatic heterocycles. The van der Waals surface area contributed by atoms with Crippen LogP contribution in [0.4, 0.5) is 0 Å². The largest absolute Gasteiger partial charge is 0.508 e. The molecule has 1 aromatic rings. The summed E-state index contributed by atoms with van der Waals surface area (Å²) in [5, 5.41) is 20.6. The van der Waals surface area contributed by atoms with E-state index in [9.17, 15) is 15.0 Å². The monoisotopic (exact) mass is 390 g/mol. The normalized spacial score (nSPS) is 15.4. The molecule has 0 bridgehead atoms. The fourth-order valence-electron chi connectivity index (χ4n) is 3.82. The number of phenols is 2. The number of aryl methyl sites for hydroxylation is 2. The summed E-state index contributed by atoms with van der Waals surface area (Å²) in [6, 6.07) is 3.48. The highest BCUT2D eigenvalue weighted by Gasteiger charge is 2.44. The van der Waals surface area contributed by atoms with E-state index >= 15 is 0 Å². The van der Waals surface area contributed by atoms with E-state index in [1.54, 1.807) is 12.1 Å². The summed E-state index contributed by atoms with van der Waals surface area (Å²) in [5.74, 6) is 0.602. The van der Waals surface area contributed by atoms with Gasteiger partial charge in [-0.1, -0.05) is 40.0 Å². The first-order chi connectivity index (χ1) is 13.2. The van der Waals surface area contributed by atoms with Crippen LogP contribution in [0.25, 0.3) is 0 Å². The number of hydrogen-bond donors (Lipinski definition) is 2. The molecule has 1 fully saturated rings. The molecule has 1 aliphatic rings. The fraction of sp³-hybridized carbons (Fsp3) is 0.708. The number of aromatic hydroxyl groups is 2. The molecule has 4 heteroatoms. The Labute approximate surface area is 170 Å². The topological polar surface area (TPSA) is 66.8 Å². The van der Waals surface area contributed by atoms with Crippen molar-refractivity contribution in [1.82, 2.24) is 0 Å². The predicted octanol–water partition coefficient (Wildman–Crippen LogP) is 6.06. The Balaban J connectivity index is 1.69. The fourth-order valence-corrected chi connectivity index (χ4v) is 3.82. The minimum Gasteiger partial charge on any atom is -0.508 e. The van der Waals surface area contributed by atoms with Crippen molar-refractivity contribution in [2.24, 2.45) is 5.41 Å². The lowest BCUT2D eigenvalue weighted by atomic mass is 9.89. The van der Waals surface area contributed by atoms with Crippen LogP contribution in [0.1, 0.15) is 96.1 Å². The van der Waals surface area contributed by atoms with Crippen molar-refractivity contribution in [3.63, 3.8) is 0 Å². The summed E-state index contributed by atoms with van der Waals surface area (Å²) >= 11 is 0. The van der Waals surface area contributed by atoms with Gasteiger partial charge in [-0.05, 0) is 86.5 Å². The van der Waals surface area contributed by atoms with Crippen molar-refractivity contribution < 1.29 is 19.7 Å². The van der Waals surface area contributed by atoms with E-state index in [0.717, 1.165) is 75.3 Å². The molecule has 1 aromatic carbocycles. The van der Waals surface area contributed by atoms with Crippen LogP contribution in [-0.4, -0.2) is 22.3 Å². The number of carbonyl (C=O) groups is 1. The van der Waals surface area contributed by atoms with Crippen molar-refractivity contribution in [3.8, 4) is 11.5 Å². The molecule has 0 amide bonds. The Morgan fingerprint density at radius 1 is 0.929 bits per heavy atom. The van der Waals surface area contributed by atoms with Gasteiger partial charge in [-0.15, -0.1) is 0 Å². The molecule has 158 valence electrons. The Morgan fingerprint density at radius 3 is 1.93 bits per heavy atom. The summed E-state index contributed by atoms with van der Waals surface area (Å²) in [6.45, 7) is 7.36. The quantitative estimate of drug-likeness (QED) is 0.244. The van der Waals surface area contributed by atoms with E-state index in [0.29, 0.717) is 23.4 Å². The Morgan fingerprint density at radius 2 is 1.46 bits per heavy atom. The lowest BCUT2D eigenvalue weighted by molar-refractivity contribution is -0.135. The van der Waals surface area contributed by atoms with E-state index < -0.39 is 0 Å². The molecule has 0 unspecified atom stereocenters. The van der Waals surface area contributed by atoms with Gasteiger partial charge in [0.15, 0.2) is 0 Å². The molecule has 2 rings (SSSR count). The number of hydrogen-bond acceptors (Lipinski definition) is 4. The molecule has 1 aliphatic carbocycles. The highest BCUT2D eigenvalue weighted by Crippen LogP contribution is 2.43. The van der Waals surface area contributed by atoms with Crippen LogP contribution in [0.5, 0.6) is 11.5 Å². The first-order valence-corrected chi connectivity index (χ1v) is 10.9. The molecule has 1 saturated carbocycles. The number of ether oxygens (including phenoxy) is 1. The molecular weight excluding hydrogens is 352 g/mol.